The summed E-state index contributed by atoms with van der Waals surface area (Å²) >= 11 is 3.30. The van der Waals surface area contributed by atoms with E-state index in [1.807, 2.05) is 0 Å². The van der Waals surface area contributed by atoms with Crippen LogP contribution in [0.1, 0.15) is 25.2 Å². The number of halogens is 2. The van der Waals surface area contributed by atoms with Crippen LogP contribution in [0.3, 0.4) is 0 Å². The van der Waals surface area contributed by atoms with Crippen LogP contribution in [-0.2, 0) is 11.2 Å². The molecule has 0 spiro atoms. The average molecular weight is 343 g/mol. The van der Waals surface area contributed by atoms with Gasteiger partial charge in [0.2, 0.25) is 11.8 Å². The summed E-state index contributed by atoms with van der Waals surface area (Å²) in [6, 6.07) is 4.21. The van der Waals surface area contributed by atoms with Crippen molar-refractivity contribution in [3.63, 3.8) is 0 Å². The predicted octanol–water partition coefficient (Wildman–Crippen LogP) is 3.44. The fraction of sp³-hybridized carbons (Fsp3) is 0.308. The van der Waals surface area contributed by atoms with E-state index in [4.69, 9.17) is 9.52 Å². The predicted molar refractivity (Wildman–Crippen MR) is 72.6 cm³/mol. The number of hydrogen-bond donors (Lipinski definition) is 1. The van der Waals surface area contributed by atoms with E-state index in [1.165, 1.54) is 12.1 Å². The van der Waals surface area contributed by atoms with Gasteiger partial charge in [-0.05, 0) is 47.0 Å². The summed E-state index contributed by atoms with van der Waals surface area (Å²) in [7, 11) is 0. The first-order valence-corrected chi connectivity index (χ1v) is 6.85. The summed E-state index contributed by atoms with van der Waals surface area (Å²) < 4.78 is 19.3. The van der Waals surface area contributed by atoms with Gasteiger partial charge in [-0.15, -0.1) is 10.2 Å². The summed E-state index contributed by atoms with van der Waals surface area (Å²) in [5, 5.41) is 16.3. The lowest BCUT2D eigenvalue weighted by atomic mass is 10.2. The number of unbranched alkanes of at least 4 members (excludes halogenated alkanes) is 1. The quantitative estimate of drug-likeness (QED) is 0.813. The van der Waals surface area contributed by atoms with Crippen LogP contribution in [0.15, 0.2) is 27.1 Å². The maximum absolute atomic E-state index is 13.2. The van der Waals surface area contributed by atoms with Crippen molar-refractivity contribution < 1.29 is 18.7 Å². The lowest BCUT2D eigenvalue weighted by Gasteiger charge is -1.99. The van der Waals surface area contributed by atoms with Gasteiger partial charge in [0.1, 0.15) is 5.82 Å². The second kappa shape index (κ2) is 6.60. The minimum atomic E-state index is -0.820. The minimum Gasteiger partial charge on any atom is -0.481 e. The van der Waals surface area contributed by atoms with Gasteiger partial charge in [-0.2, -0.15) is 0 Å². The van der Waals surface area contributed by atoms with Crippen molar-refractivity contribution in [3.8, 4) is 11.5 Å². The van der Waals surface area contributed by atoms with Gasteiger partial charge < -0.3 is 9.52 Å². The average Bonchev–Trinajstić information content (AvgIpc) is 2.86. The smallest absolute Gasteiger partial charge is 0.303 e. The van der Waals surface area contributed by atoms with Crippen molar-refractivity contribution in [2.75, 3.05) is 0 Å². The SMILES string of the molecule is O=C(O)CCCCc1nnc(-c2cc(F)ccc2Br)o1. The lowest BCUT2D eigenvalue weighted by molar-refractivity contribution is -0.137. The second-order valence-electron chi connectivity index (χ2n) is 4.23. The molecule has 2 rings (SSSR count). The Morgan fingerprint density at radius 3 is 2.90 bits per heavy atom. The molecule has 0 saturated heterocycles. The molecular formula is C13H12BrFN2O3. The van der Waals surface area contributed by atoms with Crippen molar-refractivity contribution in [3.05, 3.63) is 34.4 Å². The molecule has 0 aliphatic heterocycles. The molecule has 5 nitrogen and oxygen atoms in total. The Kier molecular flexibility index (Phi) is 4.84. The highest BCUT2D eigenvalue weighted by atomic mass is 79.9. The number of carbonyl (C=O) groups is 1. The molecule has 106 valence electrons. The van der Waals surface area contributed by atoms with E-state index in [2.05, 4.69) is 26.1 Å². The van der Waals surface area contributed by atoms with Crippen molar-refractivity contribution in [2.24, 2.45) is 0 Å². The number of rotatable bonds is 6. The molecule has 0 unspecified atom stereocenters. The molecule has 1 aromatic carbocycles. The molecule has 1 heterocycles. The molecule has 0 fully saturated rings. The maximum atomic E-state index is 13.2. The summed E-state index contributed by atoms with van der Waals surface area (Å²) in [4.78, 5) is 10.4. The molecule has 0 bridgehead atoms. The number of hydrogen-bond acceptors (Lipinski definition) is 4. The van der Waals surface area contributed by atoms with E-state index >= 15 is 0 Å². The van der Waals surface area contributed by atoms with E-state index in [1.54, 1.807) is 6.07 Å². The Bertz CT molecular complexity index is 615. The van der Waals surface area contributed by atoms with Crippen LogP contribution < -0.4 is 0 Å². The number of nitrogens with zero attached hydrogens (tertiary/aromatic N) is 2. The number of carboxylic acid groups (broad SMARTS) is 1. The van der Waals surface area contributed by atoms with Crippen LogP contribution in [0, 0.1) is 5.82 Å². The van der Waals surface area contributed by atoms with Gasteiger partial charge in [-0.3, -0.25) is 4.79 Å². The van der Waals surface area contributed by atoms with Gasteiger partial charge in [0.05, 0.1) is 5.56 Å². The molecule has 0 atom stereocenters. The standard InChI is InChI=1S/C13H12BrFN2O3/c14-10-6-5-8(15)7-9(10)13-17-16-11(20-13)3-1-2-4-12(18)19/h5-7H,1-4H2,(H,18,19). The molecule has 1 N–H and O–H groups in total. The van der Waals surface area contributed by atoms with E-state index in [0.29, 0.717) is 35.2 Å². The maximum Gasteiger partial charge on any atom is 0.303 e. The highest BCUT2D eigenvalue weighted by molar-refractivity contribution is 9.10. The molecule has 20 heavy (non-hydrogen) atoms. The number of carboxylic acids is 1. The fourth-order valence-electron chi connectivity index (χ4n) is 1.68. The molecule has 7 heteroatoms. The number of aromatic nitrogens is 2. The first-order valence-electron chi connectivity index (χ1n) is 6.06. The summed E-state index contributed by atoms with van der Waals surface area (Å²) in [6.45, 7) is 0. The molecular weight excluding hydrogens is 331 g/mol. The van der Waals surface area contributed by atoms with Gasteiger partial charge in [-0.1, -0.05) is 0 Å². The third kappa shape index (κ3) is 3.86. The molecule has 0 amide bonds. The number of benzene rings is 1. The van der Waals surface area contributed by atoms with Crippen LogP contribution in [0.25, 0.3) is 11.5 Å². The van der Waals surface area contributed by atoms with Crippen molar-refractivity contribution in [2.45, 2.75) is 25.7 Å². The van der Waals surface area contributed by atoms with E-state index in [0.717, 1.165) is 0 Å². The van der Waals surface area contributed by atoms with E-state index < -0.39 is 5.97 Å². The van der Waals surface area contributed by atoms with Crippen LogP contribution in [0.4, 0.5) is 4.39 Å². The zero-order valence-electron chi connectivity index (χ0n) is 10.5. The van der Waals surface area contributed by atoms with Crippen LogP contribution in [-0.4, -0.2) is 21.3 Å². The van der Waals surface area contributed by atoms with Crippen molar-refractivity contribution >= 4 is 21.9 Å². The summed E-state index contributed by atoms with van der Waals surface area (Å²) in [5.41, 5.74) is 0.495. The molecule has 2 aromatic rings. The van der Waals surface area contributed by atoms with Gasteiger partial charge in [0.15, 0.2) is 0 Å². The largest absolute Gasteiger partial charge is 0.481 e. The Morgan fingerprint density at radius 1 is 1.35 bits per heavy atom. The van der Waals surface area contributed by atoms with Gasteiger partial charge >= 0.3 is 5.97 Å². The molecule has 1 aromatic heterocycles. The summed E-state index contributed by atoms with van der Waals surface area (Å²) in [6.07, 6.45) is 1.83. The van der Waals surface area contributed by atoms with Crippen LogP contribution in [0.2, 0.25) is 0 Å². The topological polar surface area (TPSA) is 76.2 Å². The van der Waals surface area contributed by atoms with Gasteiger partial charge in [-0.25, -0.2) is 4.39 Å². The highest BCUT2D eigenvalue weighted by Crippen LogP contribution is 2.28. The second-order valence-corrected chi connectivity index (χ2v) is 5.08. The monoisotopic (exact) mass is 342 g/mol. The molecule has 0 aliphatic carbocycles. The van der Waals surface area contributed by atoms with E-state index in [9.17, 15) is 9.18 Å². The third-order valence-corrected chi connectivity index (χ3v) is 3.35. The zero-order valence-corrected chi connectivity index (χ0v) is 12.1. The normalized spacial score (nSPS) is 10.7. The Balaban J connectivity index is 2.01. The minimum absolute atomic E-state index is 0.121. The molecule has 0 aliphatic rings. The van der Waals surface area contributed by atoms with Gasteiger partial charge in [0, 0.05) is 17.3 Å². The third-order valence-electron chi connectivity index (χ3n) is 2.66. The Morgan fingerprint density at radius 2 is 2.15 bits per heavy atom. The lowest BCUT2D eigenvalue weighted by Crippen LogP contribution is -1.95. The number of aryl methyl sites for hydroxylation is 1. The van der Waals surface area contributed by atoms with Gasteiger partial charge in [0.25, 0.3) is 0 Å². The Hall–Kier alpha value is -1.76. The zero-order chi connectivity index (χ0) is 14.5. The van der Waals surface area contributed by atoms with E-state index in [-0.39, 0.29) is 18.1 Å². The highest BCUT2D eigenvalue weighted by Gasteiger charge is 2.12. The van der Waals surface area contributed by atoms with Crippen molar-refractivity contribution in [1.82, 2.24) is 10.2 Å². The molecule has 0 radical (unpaired) electrons. The first-order chi connectivity index (χ1) is 9.56. The van der Waals surface area contributed by atoms with Crippen molar-refractivity contribution in [1.29, 1.82) is 0 Å². The fourth-order valence-corrected chi connectivity index (χ4v) is 2.09. The van der Waals surface area contributed by atoms with Crippen LogP contribution in [0.5, 0.6) is 0 Å². The number of aliphatic carboxylic acids is 1. The first kappa shape index (κ1) is 14.6. The summed E-state index contributed by atoms with van der Waals surface area (Å²) in [5.74, 6) is -0.546. The van der Waals surface area contributed by atoms with Crippen LogP contribution >= 0.6 is 15.9 Å². The molecule has 0 saturated carbocycles. The Labute approximate surface area is 123 Å².